The molecule has 0 saturated heterocycles. The van der Waals surface area contributed by atoms with Crippen molar-refractivity contribution < 1.29 is 22.7 Å². The van der Waals surface area contributed by atoms with E-state index in [0.29, 0.717) is 16.9 Å². The summed E-state index contributed by atoms with van der Waals surface area (Å²) in [6, 6.07) is 10.1. The Labute approximate surface area is 204 Å². The Morgan fingerprint density at radius 1 is 1.03 bits per heavy atom. The molecule has 0 atom stereocenters. The average Bonchev–Trinajstić information content (AvgIpc) is 3.14. The number of fused-ring (bicyclic) bond motifs is 1. The number of carbonyl (C=O) groups excluding carboxylic acids is 1. The fourth-order valence-corrected chi connectivity index (χ4v) is 6.10. The molecule has 10 heteroatoms. The number of methoxy groups -OCH3 is 2. The zero-order chi connectivity index (χ0) is 24.9. The van der Waals surface area contributed by atoms with E-state index in [0.717, 1.165) is 10.2 Å². The summed E-state index contributed by atoms with van der Waals surface area (Å²) in [6.07, 6.45) is 0. The van der Waals surface area contributed by atoms with Crippen LogP contribution in [0.2, 0.25) is 0 Å². The van der Waals surface area contributed by atoms with Crippen LogP contribution in [0.3, 0.4) is 0 Å². The number of hydrogen-bond acceptors (Lipinski definition) is 6. The summed E-state index contributed by atoms with van der Waals surface area (Å²) in [5.41, 5.74) is 3.76. The highest BCUT2D eigenvalue weighted by Gasteiger charge is 2.24. The minimum atomic E-state index is -3.75. The molecule has 0 aliphatic heterocycles. The van der Waals surface area contributed by atoms with Gasteiger partial charge in [-0.15, -0.1) is 0 Å². The first kappa shape index (κ1) is 26.2. The number of ether oxygens (including phenoxy) is 2. The molecule has 0 bridgehead atoms. The van der Waals surface area contributed by atoms with Crippen molar-refractivity contribution in [2.45, 2.75) is 32.2 Å². The van der Waals surface area contributed by atoms with Crippen molar-refractivity contribution >= 4 is 37.5 Å². The first-order valence-electron chi connectivity index (χ1n) is 11.0. The molecule has 34 heavy (non-hydrogen) atoms. The summed E-state index contributed by atoms with van der Waals surface area (Å²) in [5.74, 6) is -0.415. The summed E-state index contributed by atoms with van der Waals surface area (Å²) >= 11 is 1.47. The van der Waals surface area contributed by atoms with E-state index in [1.165, 1.54) is 65.3 Å². The minimum absolute atomic E-state index is 0.104. The zero-order valence-corrected chi connectivity index (χ0v) is 21.8. The van der Waals surface area contributed by atoms with Crippen molar-refractivity contribution in [3.8, 4) is 0 Å². The number of hydrogen-bond donors (Lipinski definition) is 0. The molecule has 0 aliphatic carbocycles. The minimum Gasteiger partial charge on any atom is -0.383 e. The number of amides is 1. The van der Waals surface area contributed by atoms with Crippen molar-refractivity contribution in [3.63, 3.8) is 0 Å². The van der Waals surface area contributed by atoms with E-state index in [4.69, 9.17) is 9.47 Å². The molecule has 0 fully saturated rings. The first-order chi connectivity index (χ1) is 16.2. The van der Waals surface area contributed by atoms with Crippen LogP contribution in [0.5, 0.6) is 0 Å². The van der Waals surface area contributed by atoms with E-state index in [1.54, 1.807) is 0 Å². The Balaban J connectivity index is 1.91. The molecular weight excluding hydrogens is 474 g/mol. The number of aryl methyl sites for hydroxylation is 3. The average molecular weight is 506 g/mol. The molecule has 2 aromatic carbocycles. The lowest BCUT2D eigenvalue weighted by molar-refractivity contribution is 0.0997. The second-order valence-corrected chi connectivity index (χ2v) is 10.8. The maximum absolute atomic E-state index is 13.1. The smallest absolute Gasteiger partial charge is 0.279 e. The Morgan fingerprint density at radius 3 is 2.18 bits per heavy atom. The van der Waals surface area contributed by atoms with Gasteiger partial charge < -0.3 is 14.0 Å². The van der Waals surface area contributed by atoms with Crippen LogP contribution >= 0.6 is 11.3 Å². The van der Waals surface area contributed by atoms with Crippen molar-refractivity contribution in [3.05, 3.63) is 57.9 Å². The predicted molar refractivity (Wildman–Crippen MR) is 134 cm³/mol. The maximum atomic E-state index is 13.1. The van der Waals surface area contributed by atoms with Gasteiger partial charge in [0.15, 0.2) is 4.80 Å². The topological polar surface area (TPSA) is 90.2 Å². The summed E-state index contributed by atoms with van der Waals surface area (Å²) in [7, 11) is -0.714. The van der Waals surface area contributed by atoms with Gasteiger partial charge in [-0.3, -0.25) is 4.79 Å². The summed E-state index contributed by atoms with van der Waals surface area (Å²) in [5, 5.41) is 0. The quantitative estimate of drug-likeness (QED) is 0.421. The van der Waals surface area contributed by atoms with Crippen molar-refractivity contribution in [2.75, 3.05) is 40.5 Å². The third-order valence-corrected chi connectivity index (χ3v) is 8.59. The molecule has 0 N–H and O–H groups in total. The fraction of sp³-hybridized carbons (Fsp3) is 0.417. The normalized spacial score (nSPS) is 12.7. The van der Waals surface area contributed by atoms with Gasteiger partial charge >= 0.3 is 0 Å². The lowest BCUT2D eigenvalue weighted by atomic mass is 10.1. The van der Waals surface area contributed by atoms with Gasteiger partial charge in [0, 0.05) is 39.4 Å². The predicted octanol–water partition coefficient (Wildman–Crippen LogP) is 3.36. The van der Waals surface area contributed by atoms with Gasteiger partial charge in [0.25, 0.3) is 5.91 Å². The number of carbonyl (C=O) groups is 1. The van der Waals surface area contributed by atoms with Crippen LogP contribution in [0, 0.1) is 13.8 Å². The molecule has 1 heterocycles. The highest BCUT2D eigenvalue weighted by molar-refractivity contribution is 7.89. The highest BCUT2D eigenvalue weighted by Crippen LogP contribution is 2.22. The van der Waals surface area contributed by atoms with Crippen LogP contribution in [0.4, 0.5) is 0 Å². The number of benzene rings is 2. The van der Waals surface area contributed by atoms with Gasteiger partial charge in [-0.25, -0.2) is 8.42 Å². The standard InChI is InChI=1S/C24H31N3O5S2/c1-6-27-21-15-17(2)18(3)16-22(21)33-24(27)25-23(28)19-7-9-20(10-8-19)34(29,30)26(11-13-31-4)12-14-32-5/h7-10,15-16H,6,11-14H2,1-5H3. The fourth-order valence-electron chi connectivity index (χ4n) is 3.52. The lowest BCUT2D eigenvalue weighted by Gasteiger charge is -2.21. The number of thiazole rings is 1. The number of nitrogens with zero attached hydrogens (tertiary/aromatic N) is 3. The van der Waals surface area contributed by atoms with E-state index in [2.05, 4.69) is 31.0 Å². The van der Waals surface area contributed by atoms with Crippen LogP contribution in [0.25, 0.3) is 10.2 Å². The van der Waals surface area contributed by atoms with E-state index < -0.39 is 15.9 Å². The van der Waals surface area contributed by atoms with Gasteiger partial charge in [-0.05, 0) is 68.3 Å². The summed E-state index contributed by atoms with van der Waals surface area (Å²) in [4.78, 5) is 18.0. The molecule has 3 rings (SSSR count). The maximum Gasteiger partial charge on any atom is 0.279 e. The molecule has 0 aliphatic rings. The largest absolute Gasteiger partial charge is 0.383 e. The second kappa shape index (κ2) is 11.4. The molecule has 8 nitrogen and oxygen atoms in total. The van der Waals surface area contributed by atoms with E-state index in [1.807, 2.05) is 11.5 Å². The third-order valence-electron chi connectivity index (χ3n) is 5.64. The van der Waals surface area contributed by atoms with Gasteiger partial charge in [-0.2, -0.15) is 9.30 Å². The molecular formula is C24H31N3O5S2. The number of aromatic nitrogens is 1. The van der Waals surface area contributed by atoms with E-state index in [9.17, 15) is 13.2 Å². The molecule has 1 aromatic heterocycles. The van der Waals surface area contributed by atoms with Crippen LogP contribution in [-0.4, -0.2) is 63.7 Å². The van der Waals surface area contributed by atoms with E-state index >= 15 is 0 Å². The van der Waals surface area contributed by atoms with E-state index in [-0.39, 0.29) is 31.2 Å². The van der Waals surface area contributed by atoms with Gasteiger partial charge in [0.2, 0.25) is 10.0 Å². The zero-order valence-electron chi connectivity index (χ0n) is 20.2. The Hall–Kier alpha value is -2.37. The number of sulfonamides is 1. The monoisotopic (exact) mass is 505 g/mol. The molecule has 0 radical (unpaired) electrons. The molecule has 0 unspecified atom stereocenters. The van der Waals surface area contributed by atoms with Crippen LogP contribution in [0.15, 0.2) is 46.3 Å². The van der Waals surface area contributed by atoms with Crippen LogP contribution in [-0.2, 0) is 26.0 Å². The summed E-state index contributed by atoms with van der Waals surface area (Å²) < 4.78 is 40.6. The van der Waals surface area contributed by atoms with Crippen molar-refractivity contribution in [1.82, 2.24) is 8.87 Å². The second-order valence-electron chi connectivity index (χ2n) is 7.86. The number of rotatable bonds is 10. The molecule has 0 saturated carbocycles. The lowest BCUT2D eigenvalue weighted by Crippen LogP contribution is -2.36. The Kier molecular flexibility index (Phi) is 8.78. The molecule has 3 aromatic rings. The Bertz CT molecular complexity index is 1320. The third kappa shape index (κ3) is 5.64. The van der Waals surface area contributed by atoms with Gasteiger partial charge in [0.05, 0.1) is 28.3 Å². The first-order valence-corrected chi connectivity index (χ1v) is 13.3. The Morgan fingerprint density at radius 2 is 1.62 bits per heavy atom. The van der Waals surface area contributed by atoms with Crippen molar-refractivity contribution in [2.24, 2.45) is 4.99 Å². The van der Waals surface area contributed by atoms with Gasteiger partial charge in [0.1, 0.15) is 0 Å². The highest BCUT2D eigenvalue weighted by atomic mass is 32.2. The van der Waals surface area contributed by atoms with Crippen LogP contribution in [0.1, 0.15) is 28.4 Å². The molecule has 184 valence electrons. The molecule has 0 spiro atoms. The van der Waals surface area contributed by atoms with Gasteiger partial charge in [-0.1, -0.05) is 11.3 Å². The SMILES string of the molecule is CCn1c(=NC(=O)c2ccc(S(=O)(=O)N(CCOC)CCOC)cc2)sc2cc(C)c(C)cc21. The summed E-state index contributed by atoms with van der Waals surface area (Å²) in [6.45, 7) is 7.78. The molecule has 1 amide bonds. The van der Waals surface area contributed by atoms with Crippen LogP contribution < -0.4 is 4.80 Å². The van der Waals surface area contributed by atoms with Crippen molar-refractivity contribution in [1.29, 1.82) is 0 Å².